The lowest BCUT2D eigenvalue weighted by Gasteiger charge is -2.29. The predicted molar refractivity (Wildman–Crippen MR) is 103 cm³/mol. The minimum Gasteiger partial charge on any atom is -0.339 e. The van der Waals surface area contributed by atoms with Crippen molar-refractivity contribution in [2.75, 3.05) is 12.4 Å². The Morgan fingerprint density at radius 2 is 1.97 bits per heavy atom. The molecule has 0 aliphatic carbocycles. The molecule has 3 heterocycles. The maximum Gasteiger partial charge on any atom is 0.417 e. The topological polar surface area (TPSA) is 85.4 Å². The van der Waals surface area contributed by atoms with Crippen molar-refractivity contribution in [3.8, 4) is 11.3 Å². The van der Waals surface area contributed by atoms with Gasteiger partial charge in [-0.15, -0.1) is 0 Å². The number of hydrogen-bond donors (Lipinski definition) is 3. The van der Waals surface area contributed by atoms with E-state index in [1.54, 1.807) is 43.1 Å². The molecule has 1 amide bonds. The number of rotatable bonds is 3. The van der Waals surface area contributed by atoms with Crippen LogP contribution in [-0.4, -0.2) is 39.8 Å². The first-order chi connectivity index (χ1) is 13.7. The Hall–Kier alpha value is -3.56. The van der Waals surface area contributed by atoms with E-state index >= 15 is 0 Å². The third kappa shape index (κ3) is 3.26. The van der Waals surface area contributed by atoms with Crippen LogP contribution in [-0.2, 0) is 11.0 Å². The zero-order valence-electron chi connectivity index (χ0n) is 15.5. The number of hydrazone groups is 1. The molecule has 1 unspecified atom stereocenters. The summed E-state index contributed by atoms with van der Waals surface area (Å²) < 4.78 is 39.9. The van der Waals surface area contributed by atoms with Crippen molar-refractivity contribution in [2.24, 2.45) is 5.10 Å². The van der Waals surface area contributed by atoms with Crippen LogP contribution < -0.4 is 10.7 Å². The van der Waals surface area contributed by atoms with Crippen LogP contribution in [0.5, 0.6) is 0 Å². The first-order valence-electron chi connectivity index (χ1n) is 8.69. The smallest absolute Gasteiger partial charge is 0.339 e. The Balaban J connectivity index is 1.65. The minimum absolute atomic E-state index is 0.0324. The molecule has 7 nitrogen and oxygen atoms in total. The van der Waals surface area contributed by atoms with Gasteiger partial charge in [-0.05, 0) is 31.2 Å². The van der Waals surface area contributed by atoms with Gasteiger partial charge < -0.3 is 15.2 Å². The van der Waals surface area contributed by atoms with E-state index in [1.165, 1.54) is 18.5 Å². The average molecular weight is 402 g/mol. The van der Waals surface area contributed by atoms with Crippen LogP contribution in [0.1, 0.15) is 12.5 Å². The molecule has 3 N–H and O–H groups in total. The molecule has 0 radical (unpaired) electrons. The number of halogens is 3. The molecular formula is C19H17F3N6O. The number of alkyl halides is 3. The number of benzene rings is 1. The van der Waals surface area contributed by atoms with Gasteiger partial charge in [0, 0.05) is 23.7 Å². The summed E-state index contributed by atoms with van der Waals surface area (Å²) in [7, 11) is 1.70. The number of likely N-dealkylation sites (N-methyl/N-ethyl adjacent to an activating group) is 1. The van der Waals surface area contributed by atoms with Crippen LogP contribution in [0, 0.1) is 0 Å². The van der Waals surface area contributed by atoms with Crippen LogP contribution in [0.2, 0.25) is 0 Å². The third-order valence-electron chi connectivity index (χ3n) is 4.90. The molecule has 1 aliphatic heterocycles. The van der Waals surface area contributed by atoms with Gasteiger partial charge in [0.05, 0.1) is 5.56 Å². The van der Waals surface area contributed by atoms with E-state index in [0.717, 1.165) is 6.07 Å². The number of nitrogens with one attached hydrogen (secondary N) is 3. The van der Waals surface area contributed by atoms with E-state index in [0.29, 0.717) is 16.7 Å². The first kappa shape index (κ1) is 18.8. The number of nitrogens with zero attached hydrogens (tertiary/aromatic N) is 3. The third-order valence-corrected chi connectivity index (χ3v) is 4.90. The summed E-state index contributed by atoms with van der Waals surface area (Å²) in [5.74, 6) is -0.109. The summed E-state index contributed by atoms with van der Waals surface area (Å²) in [6.45, 7) is 1.66. The molecule has 0 saturated carbocycles. The van der Waals surface area contributed by atoms with Crippen LogP contribution in [0.15, 0.2) is 47.6 Å². The Morgan fingerprint density at radius 1 is 1.21 bits per heavy atom. The highest BCUT2D eigenvalue weighted by Crippen LogP contribution is 2.37. The summed E-state index contributed by atoms with van der Waals surface area (Å²) >= 11 is 0. The highest BCUT2D eigenvalue weighted by atomic mass is 19.4. The molecule has 1 aliphatic rings. The Bertz CT molecular complexity index is 1120. The number of pyridine rings is 1. The standard InChI is InChI=1S/C19H17F3N6O/c1-18(27-23-10-28(18)2)17(29)26-15-8-7-11-9-14(24-16(11)25-15)12-5-3-4-6-13(12)19(20,21)22/h3-10,27H,1-2H3,(H2,24,25,26,29). The van der Waals surface area contributed by atoms with Gasteiger partial charge in [0.15, 0.2) is 0 Å². The normalized spacial score (nSPS) is 18.9. The highest BCUT2D eigenvalue weighted by Gasteiger charge is 2.39. The number of anilines is 1. The van der Waals surface area contributed by atoms with E-state index < -0.39 is 17.4 Å². The van der Waals surface area contributed by atoms with Gasteiger partial charge in [-0.1, -0.05) is 18.2 Å². The predicted octanol–water partition coefficient (Wildman–Crippen LogP) is 3.38. The maximum absolute atomic E-state index is 13.3. The summed E-state index contributed by atoms with van der Waals surface area (Å²) in [5.41, 5.74) is 1.62. The molecule has 10 heteroatoms. The summed E-state index contributed by atoms with van der Waals surface area (Å²) in [4.78, 5) is 21.4. The second-order valence-corrected chi connectivity index (χ2v) is 6.85. The van der Waals surface area contributed by atoms with Crippen molar-refractivity contribution >= 4 is 29.1 Å². The lowest BCUT2D eigenvalue weighted by atomic mass is 10.0. The first-order valence-corrected chi connectivity index (χ1v) is 8.69. The molecule has 0 fully saturated rings. The molecule has 1 aromatic carbocycles. The second kappa shape index (κ2) is 6.50. The van der Waals surface area contributed by atoms with Crippen LogP contribution in [0.4, 0.5) is 19.0 Å². The number of H-pyrrole nitrogens is 1. The molecule has 1 atom stereocenters. The van der Waals surface area contributed by atoms with Gasteiger partial charge >= 0.3 is 6.18 Å². The van der Waals surface area contributed by atoms with E-state index in [2.05, 4.69) is 25.8 Å². The Labute approximate surface area is 163 Å². The fourth-order valence-electron chi connectivity index (χ4n) is 3.07. The SMILES string of the molecule is CN1C=NNC1(C)C(=O)Nc1ccc2cc(-c3ccccc3C(F)(F)F)[nH]c2n1. The van der Waals surface area contributed by atoms with Crippen molar-refractivity contribution in [2.45, 2.75) is 18.8 Å². The molecule has 4 rings (SSSR count). The largest absolute Gasteiger partial charge is 0.417 e. The number of amides is 1. The van der Waals surface area contributed by atoms with Crippen molar-refractivity contribution in [1.82, 2.24) is 20.3 Å². The van der Waals surface area contributed by atoms with E-state index in [-0.39, 0.29) is 17.3 Å². The van der Waals surface area contributed by atoms with Gasteiger partial charge in [0.2, 0.25) is 5.66 Å². The second-order valence-electron chi connectivity index (χ2n) is 6.85. The van der Waals surface area contributed by atoms with Crippen molar-refractivity contribution in [3.05, 3.63) is 48.0 Å². The molecule has 150 valence electrons. The van der Waals surface area contributed by atoms with Gasteiger partial charge in [0.25, 0.3) is 5.91 Å². The number of hydrogen-bond acceptors (Lipinski definition) is 5. The van der Waals surface area contributed by atoms with Crippen LogP contribution in [0.25, 0.3) is 22.3 Å². The zero-order valence-corrected chi connectivity index (χ0v) is 15.5. The fourth-order valence-corrected chi connectivity index (χ4v) is 3.07. The van der Waals surface area contributed by atoms with Gasteiger partial charge in [-0.2, -0.15) is 18.3 Å². The van der Waals surface area contributed by atoms with Crippen molar-refractivity contribution < 1.29 is 18.0 Å². The number of aromatic nitrogens is 2. The lowest BCUT2D eigenvalue weighted by Crippen LogP contribution is -2.57. The molecule has 0 spiro atoms. The number of aromatic amines is 1. The van der Waals surface area contributed by atoms with Crippen molar-refractivity contribution in [1.29, 1.82) is 0 Å². The Morgan fingerprint density at radius 3 is 2.66 bits per heavy atom. The van der Waals surface area contributed by atoms with E-state index in [9.17, 15) is 18.0 Å². The molecule has 29 heavy (non-hydrogen) atoms. The average Bonchev–Trinajstić information content (AvgIpc) is 3.25. The number of carbonyl (C=O) groups is 1. The Kier molecular flexibility index (Phi) is 4.21. The summed E-state index contributed by atoms with van der Waals surface area (Å²) in [5, 5.41) is 7.19. The number of fused-ring (bicyclic) bond motifs is 1. The van der Waals surface area contributed by atoms with Gasteiger partial charge in [-0.25, -0.2) is 4.98 Å². The monoisotopic (exact) mass is 402 g/mol. The molecular weight excluding hydrogens is 385 g/mol. The van der Waals surface area contributed by atoms with Gasteiger partial charge in [-0.3, -0.25) is 10.2 Å². The molecule has 0 bridgehead atoms. The summed E-state index contributed by atoms with van der Waals surface area (Å²) in [6, 6.07) is 10.2. The number of carbonyl (C=O) groups excluding carboxylic acids is 1. The molecule has 3 aromatic rings. The van der Waals surface area contributed by atoms with Gasteiger partial charge in [0.1, 0.15) is 17.8 Å². The fraction of sp³-hybridized carbons (Fsp3) is 0.211. The van der Waals surface area contributed by atoms with E-state index in [1.807, 2.05) is 0 Å². The lowest BCUT2D eigenvalue weighted by molar-refractivity contribution is -0.137. The van der Waals surface area contributed by atoms with Crippen molar-refractivity contribution in [3.63, 3.8) is 0 Å². The zero-order chi connectivity index (χ0) is 20.8. The van der Waals surface area contributed by atoms with E-state index in [4.69, 9.17) is 0 Å². The molecule has 2 aromatic heterocycles. The maximum atomic E-state index is 13.3. The highest BCUT2D eigenvalue weighted by molar-refractivity contribution is 5.99. The minimum atomic E-state index is -4.47. The summed E-state index contributed by atoms with van der Waals surface area (Å²) in [6.07, 6.45) is -2.98. The quantitative estimate of drug-likeness (QED) is 0.627. The van der Waals surface area contributed by atoms with Crippen LogP contribution in [0.3, 0.4) is 0 Å². The molecule has 0 saturated heterocycles. The van der Waals surface area contributed by atoms with Crippen LogP contribution >= 0.6 is 0 Å².